The summed E-state index contributed by atoms with van der Waals surface area (Å²) in [5.74, 6) is 0.312. The Morgan fingerprint density at radius 1 is 1.27 bits per heavy atom. The van der Waals surface area contributed by atoms with Gasteiger partial charge in [-0.15, -0.1) is 0 Å². The Bertz CT molecular complexity index is 180. The van der Waals surface area contributed by atoms with Crippen molar-refractivity contribution in [2.24, 2.45) is 10.9 Å². The Labute approximate surface area is 92.9 Å². The van der Waals surface area contributed by atoms with Gasteiger partial charge >= 0.3 is 0 Å². The molecule has 90 valence electrons. The zero-order chi connectivity index (χ0) is 11.7. The Kier molecular flexibility index (Phi) is 7.13. The first-order chi connectivity index (χ1) is 7.14. The van der Waals surface area contributed by atoms with Crippen LogP contribution in [0.2, 0.25) is 0 Å². The lowest BCUT2D eigenvalue weighted by molar-refractivity contribution is 0.289. The van der Waals surface area contributed by atoms with E-state index in [-0.39, 0.29) is 5.54 Å². The average molecular weight is 215 g/mol. The molecule has 0 aliphatic rings. The SMILES string of the molecule is CCC(CC)(CC)NCCCC(N)=NO. The van der Waals surface area contributed by atoms with Gasteiger partial charge in [0.05, 0.1) is 0 Å². The van der Waals surface area contributed by atoms with Gasteiger partial charge in [0.25, 0.3) is 0 Å². The van der Waals surface area contributed by atoms with E-state index in [4.69, 9.17) is 10.9 Å². The average Bonchev–Trinajstić information content (AvgIpc) is 2.30. The number of hydrogen-bond donors (Lipinski definition) is 3. The molecular formula is C11H25N3O. The van der Waals surface area contributed by atoms with Crippen molar-refractivity contribution in [2.75, 3.05) is 6.54 Å². The Hall–Kier alpha value is -0.770. The van der Waals surface area contributed by atoms with Crippen LogP contribution < -0.4 is 11.1 Å². The van der Waals surface area contributed by atoms with Crippen molar-refractivity contribution in [3.8, 4) is 0 Å². The molecule has 15 heavy (non-hydrogen) atoms. The first-order valence-corrected chi connectivity index (χ1v) is 5.85. The molecule has 0 atom stereocenters. The molecule has 0 bridgehead atoms. The van der Waals surface area contributed by atoms with Crippen molar-refractivity contribution < 1.29 is 5.21 Å². The van der Waals surface area contributed by atoms with Gasteiger partial charge < -0.3 is 16.3 Å². The zero-order valence-corrected chi connectivity index (χ0v) is 10.2. The number of hydrogen-bond acceptors (Lipinski definition) is 3. The maximum atomic E-state index is 8.38. The summed E-state index contributed by atoms with van der Waals surface area (Å²) in [6.45, 7) is 7.56. The molecule has 0 spiro atoms. The van der Waals surface area contributed by atoms with E-state index in [1.807, 2.05) is 0 Å². The molecule has 0 rings (SSSR count). The molecule has 0 amide bonds. The van der Waals surface area contributed by atoms with Crippen LogP contribution >= 0.6 is 0 Å². The van der Waals surface area contributed by atoms with Crippen molar-refractivity contribution in [3.05, 3.63) is 0 Å². The highest BCUT2D eigenvalue weighted by molar-refractivity contribution is 5.79. The minimum atomic E-state index is 0.269. The van der Waals surface area contributed by atoms with E-state index in [9.17, 15) is 0 Å². The smallest absolute Gasteiger partial charge is 0.139 e. The van der Waals surface area contributed by atoms with E-state index in [1.165, 1.54) is 0 Å². The van der Waals surface area contributed by atoms with E-state index in [0.29, 0.717) is 12.3 Å². The van der Waals surface area contributed by atoms with Gasteiger partial charge in [-0.2, -0.15) is 0 Å². The maximum Gasteiger partial charge on any atom is 0.139 e. The minimum Gasteiger partial charge on any atom is -0.409 e. The Morgan fingerprint density at radius 3 is 2.20 bits per heavy atom. The third-order valence-corrected chi connectivity index (χ3v) is 3.27. The molecule has 0 saturated carbocycles. The van der Waals surface area contributed by atoms with Gasteiger partial charge in [-0.25, -0.2) is 0 Å². The van der Waals surface area contributed by atoms with E-state index >= 15 is 0 Å². The number of rotatable bonds is 8. The van der Waals surface area contributed by atoms with Crippen LogP contribution in [-0.4, -0.2) is 23.1 Å². The Balaban J connectivity index is 3.81. The summed E-state index contributed by atoms with van der Waals surface area (Å²) in [6.07, 6.45) is 4.99. The molecule has 0 aliphatic heterocycles. The van der Waals surface area contributed by atoms with E-state index in [2.05, 4.69) is 31.2 Å². The summed E-state index contributed by atoms with van der Waals surface area (Å²) in [4.78, 5) is 0. The fourth-order valence-electron chi connectivity index (χ4n) is 1.80. The number of nitrogens with zero attached hydrogens (tertiary/aromatic N) is 1. The third-order valence-electron chi connectivity index (χ3n) is 3.27. The van der Waals surface area contributed by atoms with Crippen LogP contribution in [0.25, 0.3) is 0 Å². The summed E-state index contributed by atoms with van der Waals surface area (Å²) in [7, 11) is 0. The highest BCUT2D eigenvalue weighted by atomic mass is 16.4. The standard InChI is InChI=1S/C11H25N3O/c1-4-11(5-2,6-3)13-9-7-8-10(12)14-15/h13,15H,4-9H2,1-3H3,(H2,12,14). The number of nitrogens with two attached hydrogens (primary N) is 1. The summed E-state index contributed by atoms with van der Waals surface area (Å²) in [6, 6.07) is 0. The molecule has 0 unspecified atom stereocenters. The van der Waals surface area contributed by atoms with Crippen molar-refractivity contribution >= 4 is 5.84 Å². The van der Waals surface area contributed by atoms with Crippen molar-refractivity contribution in [2.45, 2.75) is 58.4 Å². The largest absolute Gasteiger partial charge is 0.409 e. The minimum absolute atomic E-state index is 0.269. The van der Waals surface area contributed by atoms with Crippen LogP contribution in [0.1, 0.15) is 52.9 Å². The summed E-state index contributed by atoms with van der Waals surface area (Å²) in [5.41, 5.74) is 5.66. The predicted molar refractivity (Wildman–Crippen MR) is 64.2 cm³/mol. The summed E-state index contributed by atoms with van der Waals surface area (Å²) in [5, 5.41) is 14.9. The molecule has 0 heterocycles. The highest BCUT2D eigenvalue weighted by Gasteiger charge is 2.21. The van der Waals surface area contributed by atoms with Gasteiger partial charge in [0, 0.05) is 12.0 Å². The lowest BCUT2D eigenvalue weighted by atomic mass is 9.90. The second kappa shape index (κ2) is 7.51. The first-order valence-electron chi connectivity index (χ1n) is 5.85. The molecule has 4 nitrogen and oxygen atoms in total. The maximum absolute atomic E-state index is 8.38. The van der Waals surface area contributed by atoms with Gasteiger partial charge in [0.2, 0.25) is 0 Å². The number of nitrogens with one attached hydrogen (secondary N) is 1. The molecule has 0 radical (unpaired) electrons. The van der Waals surface area contributed by atoms with Crippen LogP contribution in [-0.2, 0) is 0 Å². The Morgan fingerprint density at radius 2 is 1.80 bits per heavy atom. The fourth-order valence-corrected chi connectivity index (χ4v) is 1.80. The van der Waals surface area contributed by atoms with Gasteiger partial charge in [0.1, 0.15) is 5.84 Å². The van der Waals surface area contributed by atoms with Crippen LogP contribution in [0, 0.1) is 0 Å². The molecule has 0 aromatic heterocycles. The van der Waals surface area contributed by atoms with Gasteiger partial charge in [0.15, 0.2) is 0 Å². The van der Waals surface area contributed by atoms with E-state index in [1.54, 1.807) is 0 Å². The molecule has 4 heteroatoms. The van der Waals surface area contributed by atoms with Gasteiger partial charge in [-0.3, -0.25) is 0 Å². The molecule has 0 aromatic rings. The number of oxime groups is 1. The molecule has 0 aliphatic carbocycles. The van der Waals surface area contributed by atoms with Crippen molar-refractivity contribution in [3.63, 3.8) is 0 Å². The second-order valence-corrected chi connectivity index (χ2v) is 3.96. The third kappa shape index (κ3) is 5.02. The van der Waals surface area contributed by atoms with Crippen molar-refractivity contribution in [1.29, 1.82) is 0 Å². The van der Waals surface area contributed by atoms with E-state index < -0.39 is 0 Å². The second-order valence-electron chi connectivity index (χ2n) is 3.96. The molecule has 0 fully saturated rings. The number of amidine groups is 1. The monoisotopic (exact) mass is 215 g/mol. The lowest BCUT2D eigenvalue weighted by Gasteiger charge is -2.32. The quantitative estimate of drug-likeness (QED) is 0.191. The lowest BCUT2D eigenvalue weighted by Crippen LogP contribution is -2.44. The van der Waals surface area contributed by atoms with Crippen LogP contribution in [0.15, 0.2) is 5.16 Å². The van der Waals surface area contributed by atoms with Crippen LogP contribution in [0.5, 0.6) is 0 Å². The first kappa shape index (κ1) is 14.2. The van der Waals surface area contributed by atoms with Gasteiger partial charge in [-0.05, 0) is 32.2 Å². The fraction of sp³-hybridized carbons (Fsp3) is 0.909. The molecule has 0 aromatic carbocycles. The van der Waals surface area contributed by atoms with E-state index in [0.717, 1.165) is 32.2 Å². The topological polar surface area (TPSA) is 70.6 Å². The van der Waals surface area contributed by atoms with Crippen molar-refractivity contribution in [1.82, 2.24) is 5.32 Å². The molecular weight excluding hydrogens is 190 g/mol. The molecule has 4 N–H and O–H groups in total. The zero-order valence-electron chi connectivity index (χ0n) is 10.2. The van der Waals surface area contributed by atoms with Crippen LogP contribution in [0.4, 0.5) is 0 Å². The highest BCUT2D eigenvalue weighted by Crippen LogP contribution is 2.18. The van der Waals surface area contributed by atoms with Gasteiger partial charge in [-0.1, -0.05) is 25.9 Å². The normalized spacial score (nSPS) is 13.1. The predicted octanol–water partition coefficient (Wildman–Crippen LogP) is 2.07. The summed E-state index contributed by atoms with van der Waals surface area (Å²) >= 11 is 0. The van der Waals surface area contributed by atoms with Crippen LogP contribution in [0.3, 0.4) is 0 Å². The molecule has 0 saturated heterocycles. The summed E-state index contributed by atoms with van der Waals surface area (Å²) < 4.78 is 0.